The van der Waals surface area contributed by atoms with Crippen LogP contribution in [0.3, 0.4) is 0 Å². The molecule has 2 heteroatoms. The van der Waals surface area contributed by atoms with Gasteiger partial charge in [-0.3, -0.25) is 4.79 Å². The Balaban J connectivity index is 2.14. The Morgan fingerprint density at radius 2 is 1.43 bits per heavy atom. The maximum atomic E-state index is 12.6. The van der Waals surface area contributed by atoms with Crippen molar-refractivity contribution in [3.8, 4) is 0 Å². The molecular weight excluding hydrogens is 300 g/mol. The Kier molecular flexibility index (Phi) is 5.69. The standard InChI is InChI=1S/C21H26OS/c1-6-21(4,5)23-19-13-11-18(12-14-19)20(22)17-9-7-16(8-10-17)15(2)3/h7-15H,6H2,1-5H3. The summed E-state index contributed by atoms with van der Waals surface area (Å²) >= 11 is 1.86. The molecule has 0 aliphatic carbocycles. The van der Waals surface area contributed by atoms with Gasteiger partial charge < -0.3 is 0 Å². The predicted octanol–water partition coefficient (Wildman–Crippen LogP) is 6.32. The fourth-order valence-electron chi connectivity index (χ4n) is 2.25. The van der Waals surface area contributed by atoms with E-state index in [-0.39, 0.29) is 10.5 Å². The third kappa shape index (κ3) is 4.71. The smallest absolute Gasteiger partial charge is 0.193 e. The van der Waals surface area contributed by atoms with Crippen molar-refractivity contribution in [3.05, 3.63) is 65.2 Å². The minimum atomic E-state index is 0.0895. The van der Waals surface area contributed by atoms with Crippen LogP contribution in [0, 0.1) is 0 Å². The number of hydrogen-bond donors (Lipinski definition) is 0. The molecule has 0 N–H and O–H groups in total. The minimum absolute atomic E-state index is 0.0895. The van der Waals surface area contributed by atoms with Gasteiger partial charge in [0.15, 0.2) is 5.78 Å². The largest absolute Gasteiger partial charge is 0.289 e. The fraction of sp³-hybridized carbons (Fsp3) is 0.381. The lowest BCUT2D eigenvalue weighted by molar-refractivity contribution is 0.103. The highest BCUT2D eigenvalue weighted by molar-refractivity contribution is 8.00. The zero-order valence-electron chi connectivity index (χ0n) is 14.7. The molecule has 0 aliphatic heterocycles. The summed E-state index contributed by atoms with van der Waals surface area (Å²) in [4.78, 5) is 13.8. The molecule has 0 bridgehead atoms. The maximum Gasteiger partial charge on any atom is 0.193 e. The number of hydrogen-bond acceptors (Lipinski definition) is 2. The second-order valence-electron chi connectivity index (χ2n) is 6.85. The van der Waals surface area contributed by atoms with Crippen LogP contribution in [0.25, 0.3) is 0 Å². The van der Waals surface area contributed by atoms with Crippen molar-refractivity contribution in [2.45, 2.75) is 56.6 Å². The van der Waals surface area contributed by atoms with Gasteiger partial charge in [0.25, 0.3) is 0 Å². The van der Waals surface area contributed by atoms with Gasteiger partial charge in [-0.05, 0) is 42.2 Å². The van der Waals surface area contributed by atoms with Crippen LogP contribution in [-0.4, -0.2) is 10.5 Å². The van der Waals surface area contributed by atoms with Crippen LogP contribution in [0.15, 0.2) is 53.4 Å². The molecule has 0 spiro atoms. The Bertz CT molecular complexity index is 651. The van der Waals surface area contributed by atoms with E-state index < -0.39 is 0 Å². The molecule has 2 aromatic carbocycles. The van der Waals surface area contributed by atoms with E-state index in [1.54, 1.807) is 0 Å². The zero-order chi connectivity index (χ0) is 17.0. The second kappa shape index (κ2) is 7.35. The Morgan fingerprint density at radius 1 is 0.957 bits per heavy atom. The van der Waals surface area contributed by atoms with Crippen molar-refractivity contribution in [2.75, 3.05) is 0 Å². The van der Waals surface area contributed by atoms with Crippen LogP contribution in [0.2, 0.25) is 0 Å². The van der Waals surface area contributed by atoms with Crippen LogP contribution in [0.5, 0.6) is 0 Å². The van der Waals surface area contributed by atoms with Gasteiger partial charge in [-0.2, -0.15) is 0 Å². The first-order valence-corrected chi connectivity index (χ1v) is 9.08. The molecule has 0 radical (unpaired) electrons. The number of carbonyl (C=O) groups is 1. The molecule has 0 fully saturated rings. The van der Waals surface area contributed by atoms with E-state index >= 15 is 0 Å². The van der Waals surface area contributed by atoms with Crippen LogP contribution in [0.4, 0.5) is 0 Å². The molecule has 0 heterocycles. The lowest BCUT2D eigenvalue weighted by Gasteiger charge is -2.21. The quantitative estimate of drug-likeness (QED) is 0.456. The maximum absolute atomic E-state index is 12.6. The number of ketones is 1. The Labute approximate surface area is 144 Å². The molecule has 2 rings (SSSR count). The summed E-state index contributed by atoms with van der Waals surface area (Å²) in [5, 5.41) is 0. The van der Waals surface area contributed by atoms with E-state index in [2.05, 4.69) is 46.8 Å². The zero-order valence-corrected chi connectivity index (χ0v) is 15.5. The lowest BCUT2D eigenvalue weighted by atomic mass is 9.98. The van der Waals surface area contributed by atoms with Gasteiger partial charge in [0, 0.05) is 20.8 Å². The van der Waals surface area contributed by atoms with Gasteiger partial charge in [0.2, 0.25) is 0 Å². The molecule has 122 valence electrons. The summed E-state index contributed by atoms with van der Waals surface area (Å²) in [6, 6.07) is 15.9. The van der Waals surface area contributed by atoms with E-state index in [0.29, 0.717) is 5.92 Å². The summed E-state index contributed by atoms with van der Waals surface area (Å²) in [6.07, 6.45) is 1.11. The van der Waals surface area contributed by atoms with Crippen LogP contribution in [0.1, 0.15) is 68.4 Å². The molecule has 0 saturated carbocycles. The third-order valence-corrected chi connectivity index (χ3v) is 5.55. The van der Waals surface area contributed by atoms with Crippen LogP contribution >= 0.6 is 11.8 Å². The number of thioether (sulfide) groups is 1. The minimum Gasteiger partial charge on any atom is -0.289 e. The summed E-state index contributed by atoms with van der Waals surface area (Å²) < 4.78 is 0.220. The number of carbonyl (C=O) groups excluding carboxylic acids is 1. The number of benzene rings is 2. The SMILES string of the molecule is CCC(C)(C)Sc1ccc(C(=O)c2ccc(C(C)C)cc2)cc1. The normalized spacial score (nSPS) is 11.7. The van der Waals surface area contributed by atoms with E-state index in [1.807, 2.05) is 48.2 Å². The highest BCUT2D eigenvalue weighted by atomic mass is 32.2. The third-order valence-electron chi connectivity index (χ3n) is 4.20. The summed E-state index contributed by atoms with van der Waals surface area (Å²) in [5.74, 6) is 0.573. The number of rotatable bonds is 6. The topological polar surface area (TPSA) is 17.1 Å². The second-order valence-corrected chi connectivity index (χ2v) is 8.63. The monoisotopic (exact) mass is 326 g/mol. The molecule has 1 nitrogen and oxygen atoms in total. The van der Waals surface area contributed by atoms with Crippen molar-refractivity contribution in [3.63, 3.8) is 0 Å². The molecule has 0 unspecified atom stereocenters. The van der Waals surface area contributed by atoms with Gasteiger partial charge >= 0.3 is 0 Å². The van der Waals surface area contributed by atoms with E-state index in [9.17, 15) is 4.79 Å². The first-order chi connectivity index (χ1) is 10.8. The molecule has 0 aliphatic rings. The van der Waals surface area contributed by atoms with E-state index in [0.717, 1.165) is 17.5 Å². The molecule has 0 atom stereocenters. The first-order valence-electron chi connectivity index (χ1n) is 8.26. The molecule has 0 amide bonds. The van der Waals surface area contributed by atoms with Crippen LogP contribution in [-0.2, 0) is 0 Å². The van der Waals surface area contributed by atoms with Gasteiger partial charge in [0.1, 0.15) is 0 Å². The van der Waals surface area contributed by atoms with Crippen molar-refractivity contribution >= 4 is 17.5 Å². The van der Waals surface area contributed by atoms with E-state index in [1.165, 1.54) is 10.5 Å². The first kappa shape index (κ1) is 17.8. The summed E-state index contributed by atoms with van der Waals surface area (Å²) in [7, 11) is 0. The Morgan fingerprint density at radius 3 is 1.87 bits per heavy atom. The molecular formula is C21H26OS. The lowest BCUT2D eigenvalue weighted by Crippen LogP contribution is -2.11. The molecule has 23 heavy (non-hydrogen) atoms. The summed E-state index contributed by atoms with van der Waals surface area (Å²) in [5.41, 5.74) is 2.76. The van der Waals surface area contributed by atoms with Gasteiger partial charge in [-0.15, -0.1) is 11.8 Å². The van der Waals surface area contributed by atoms with Crippen molar-refractivity contribution in [1.29, 1.82) is 0 Å². The molecule has 0 aromatic heterocycles. The van der Waals surface area contributed by atoms with Gasteiger partial charge in [-0.1, -0.05) is 58.9 Å². The van der Waals surface area contributed by atoms with Crippen molar-refractivity contribution in [1.82, 2.24) is 0 Å². The molecule has 0 saturated heterocycles. The average Bonchev–Trinajstić information content (AvgIpc) is 2.54. The molecule has 2 aromatic rings. The van der Waals surface area contributed by atoms with Crippen molar-refractivity contribution in [2.24, 2.45) is 0 Å². The average molecular weight is 327 g/mol. The summed E-state index contributed by atoms with van der Waals surface area (Å²) in [6.45, 7) is 11.0. The predicted molar refractivity (Wildman–Crippen MR) is 101 cm³/mol. The Hall–Kier alpha value is -1.54. The highest BCUT2D eigenvalue weighted by Crippen LogP contribution is 2.34. The van der Waals surface area contributed by atoms with Crippen LogP contribution < -0.4 is 0 Å². The van der Waals surface area contributed by atoms with E-state index in [4.69, 9.17) is 0 Å². The van der Waals surface area contributed by atoms with Crippen molar-refractivity contribution < 1.29 is 4.79 Å². The highest BCUT2D eigenvalue weighted by Gasteiger charge is 2.17. The van der Waals surface area contributed by atoms with Gasteiger partial charge in [0.05, 0.1) is 0 Å². The van der Waals surface area contributed by atoms with Gasteiger partial charge in [-0.25, -0.2) is 0 Å². The fourth-order valence-corrected chi connectivity index (χ4v) is 3.31.